The summed E-state index contributed by atoms with van der Waals surface area (Å²) in [4.78, 5) is 0. The highest BCUT2D eigenvalue weighted by Crippen LogP contribution is 2.15. The lowest BCUT2D eigenvalue weighted by Crippen LogP contribution is -2.17. The summed E-state index contributed by atoms with van der Waals surface area (Å²) in [6.45, 7) is 3.49. The Morgan fingerprint density at radius 1 is 0.833 bits per heavy atom. The topological polar surface area (TPSA) is 29.5 Å². The van der Waals surface area contributed by atoms with Crippen molar-refractivity contribution in [1.82, 2.24) is 0 Å². The minimum Gasteiger partial charge on any atom is -0.396 e. The second-order valence-corrected chi connectivity index (χ2v) is 6.88. The van der Waals surface area contributed by atoms with Gasteiger partial charge in [-0.1, -0.05) is 88.6 Å². The summed E-state index contributed by atoms with van der Waals surface area (Å²) in [6.07, 6.45) is 14.9. The summed E-state index contributed by atoms with van der Waals surface area (Å²) >= 11 is 0. The quantitative estimate of drug-likeness (QED) is 0.380. The number of ether oxygens (including phenoxy) is 1. The van der Waals surface area contributed by atoms with Crippen LogP contribution in [0.3, 0.4) is 0 Å². The van der Waals surface area contributed by atoms with Gasteiger partial charge in [0.05, 0.1) is 6.10 Å². The van der Waals surface area contributed by atoms with Crippen LogP contribution in [0.25, 0.3) is 0 Å². The third-order valence-electron chi connectivity index (χ3n) is 4.59. The van der Waals surface area contributed by atoms with Crippen LogP contribution in [0.2, 0.25) is 0 Å². The van der Waals surface area contributed by atoms with Gasteiger partial charge < -0.3 is 9.84 Å². The zero-order valence-electron chi connectivity index (χ0n) is 15.7. The Morgan fingerprint density at radius 3 is 2.25 bits per heavy atom. The lowest BCUT2D eigenvalue weighted by atomic mass is 10.0. The number of benzene rings is 1. The first kappa shape index (κ1) is 21.2. The first-order valence-electron chi connectivity index (χ1n) is 10.1. The molecule has 24 heavy (non-hydrogen) atoms. The molecule has 0 aliphatic heterocycles. The van der Waals surface area contributed by atoms with E-state index < -0.39 is 0 Å². The summed E-state index contributed by atoms with van der Waals surface area (Å²) in [6, 6.07) is 10.7. The highest BCUT2D eigenvalue weighted by Gasteiger charge is 2.10. The van der Waals surface area contributed by atoms with Gasteiger partial charge in [-0.3, -0.25) is 0 Å². The number of aliphatic hydroxyl groups is 1. The van der Waals surface area contributed by atoms with Gasteiger partial charge in [0, 0.05) is 13.2 Å². The van der Waals surface area contributed by atoms with Crippen LogP contribution in [0.15, 0.2) is 30.3 Å². The molecule has 1 rings (SSSR count). The average Bonchev–Trinajstić information content (AvgIpc) is 2.61. The molecule has 0 aliphatic rings. The number of unbranched alkanes of at least 4 members (excludes halogenated alkanes) is 8. The van der Waals surface area contributed by atoms with E-state index in [1.165, 1.54) is 56.9 Å². The lowest BCUT2D eigenvalue weighted by molar-refractivity contribution is 0.0433. The van der Waals surface area contributed by atoms with Gasteiger partial charge in [-0.2, -0.15) is 0 Å². The van der Waals surface area contributed by atoms with Crippen molar-refractivity contribution >= 4 is 0 Å². The summed E-state index contributed by atoms with van der Waals surface area (Å²) in [5.41, 5.74) is 1.38. The van der Waals surface area contributed by atoms with Crippen molar-refractivity contribution in [3.8, 4) is 0 Å². The summed E-state index contributed by atoms with van der Waals surface area (Å²) in [7, 11) is 0. The zero-order chi connectivity index (χ0) is 17.3. The molecule has 0 aliphatic carbocycles. The van der Waals surface area contributed by atoms with Crippen LogP contribution < -0.4 is 0 Å². The van der Waals surface area contributed by atoms with Crippen molar-refractivity contribution in [3.63, 3.8) is 0 Å². The maximum atomic E-state index is 8.87. The number of hydrogen-bond donors (Lipinski definition) is 1. The lowest BCUT2D eigenvalue weighted by Gasteiger charge is -2.18. The fourth-order valence-electron chi connectivity index (χ4n) is 3.09. The normalized spacial score (nSPS) is 12.4. The maximum Gasteiger partial charge on any atom is 0.0615 e. The van der Waals surface area contributed by atoms with Crippen molar-refractivity contribution in [2.45, 2.75) is 90.1 Å². The first-order valence-corrected chi connectivity index (χ1v) is 10.1. The molecule has 0 fully saturated rings. The molecular weight excluding hydrogens is 296 g/mol. The second kappa shape index (κ2) is 15.7. The van der Waals surface area contributed by atoms with Crippen molar-refractivity contribution in [1.29, 1.82) is 0 Å². The Bertz CT molecular complexity index is 363. The third-order valence-corrected chi connectivity index (χ3v) is 4.59. The minimum absolute atomic E-state index is 0.321. The van der Waals surface area contributed by atoms with E-state index in [0.717, 1.165) is 32.3 Å². The summed E-state index contributed by atoms with van der Waals surface area (Å²) < 4.78 is 6.21. The van der Waals surface area contributed by atoms with Crippen molar-refractivity contribution in [2.75, 3.05) is 13.2 Å². The average molecular weight is 335 g/mol. The summed E-state index contributed by atoms with van der Waals surface area (Å²) in [5.74, 6) is 0. The standard InChI is InChI=1S/C22H38O2/c1-2-3-4-5-8-14-19-24-22(17-12-6-7-13-18-23)20-21-15-10-9-11-16-21/h9-11,15-16,22-23H,2-8,12-14,17-20H2,1H3. The van der Waals surface area contributed by atoms with Gasteiger partial charge in [0.2, 0.25) is 0 Å². The SMILES string of the molecule is CCCCCCCCOC(CCCCCCO)Cc1ccccc1. The fraction of sp³-hybridized carbons (Fsp3) is 0.727. The van der Waals surface area contributed by atoms with Gasteiger partial charge in [0.15, 0.2) is 0 Å². The monoisotopic (exact) mass is 334 g/mol. The van der Waals surface area contributed by atoms with Crippen LogP contribution in [0.4, 0.5) is 0 Å². The van der Waals surface area contributed by atoms with E-state index in [-0.39, 0.29) is 0 Å². The molecule has 1 aromatic carbocycles. The van der Waals surface area contributed by atoms with Crippen molar-refractivity contribution in [2.24, 2.45) is 0 Å². The predicted octanol–water partition coefficient (Wildman–Crippen LogP) is 5.92. The molecule has 1 N–H and O–H groups in total. The largest absolute Gasteiger partial charge is 0.396 e. The van der Waals surface area contributed by atoms with E-state index in [1.807, 2.05) is 0 Å². The Hall–Kier alpha value is -0.860. The molecule has 0 spiro atoms. The smallest absolute Gasteiger partial charge is 0.0615 e. The fourth-order valence-corrected chi connectivity index (χ4v) is 3.09. The molecule has 0 saturated heterocycles. The molecule has 2 nitrogen and oxygen atoms in total. The molecule has 0 radical (unpaired) electrons. The second-order valence-electron chi connectivity index (χ2n) is 6.88. The minimum atomic E-state index is 0.321. The van der Waals surface area contributed by atoms with Crippen LogP contribution in [-0.4, -0.2) is 24.4 Å². The third kappa shape index (κ3) is 11.6. The summed E-state index contributed by atoms with van der Waals surface area (Å²) in [5, 5.41) is 8.87. The van der Waals surface area contributed by atoms with Crippen LogP contribution in [0.5, 0.6) is 0 Å². The molecule has 0 bridgehead atoms. The Morgan fingerprint density at radius 2 is 1.50 bits per heavy atom. The van der Waals surface area contributed by atoms with Gasteiger partial charge in [-0.25, -0.2) is 0 Å². The van der Waals surface area contributed by atoms with E-state index in [1.54, 1.807) is 0 Å². The van der Waals surface area contributed by atoms with Crippen LogP contribution >= 0.6 is 0 Å². The van der Waals surface area contributed by atoms with Gasteiger partial charge >= 0.3 is 0 Å². The highest BCUT2D eigenvalue weighted by molar-refractivity contribution is 5.15. The van der Waals surface area contributed by atoms with Gasteiger partial charge in [-0.05, 0) is 31.2 Å². The van der Waals surface area contributed by atoms with E-state index in [4.69, 9.17) is 9.84 Å². The zero-order valence-corrected chi connectivity index (χ0v) is 15.7. The molecule has 0 amide bonds. The predicted molar refractivity (Wildman–Crippen MR) is 103 cm³/mol. The van der Waals surface area contributed by atoms with E-state index >= 15 is 0 Å². The van der Waals surface area contributed by atoms with E-state index in [9.17, 15) is 0 Å². The molecule has 1 unspecified atom stereocenters. The number of hydrogen-bond acceptors (Lipinski definition) is 2. The van der Waals surface area contributed by atoms with Gasteiger partial charge in [0.25, 0.3) is 0 Å². The molecule has 0 aromatic heterocycles. The number of aliphatic hydroxyl groups excluding tert-OH is 1. The van der Waals surface area contributed by atoms with Crippen LogP contribution in [-0.2, 0) is 11.2 Å². The maximum absolute atomic E-state index is 8.87. The number of rotatable bonds is 16. The molecule has 2 heteroatoms. The molecule has 0 heterocycles. The van der Waals surface area contributed by atoms with E-state index in [0.29, 0.717) is 12.7 Å². The molecule has 138 valence electrons. The molecule has 0 saturated carbocycles. The van der Waals surface area contributed by atoms with Crippen LogP contribution in [0.1, 0.15) is 83.1 Å². The van der Waals surface area contributed by atoms with Gasteiger partial charge in [0.1, 0.15) is 0 Å². The highest BCUT2D eigenvalue weighted by atomic mass is 16.5. The van der Waals surface area contributed by atoms with Crippen LogP contribution in [0, 0.1) is 0 Å². The molecular formula is C22H38O2. The Balaban J connectivity index is 2.23. The molecule has 1 atom stereocenters. The van der Waals surface area contributed by atoms with Gasteiger partial charge in [-0.15, -0.1) is 0 Å². The van der Waals surface area contributed by atoms with Crippen molar-refractivity contribution in [3.05, 3.63) is 35.9 Å². The van der Waals surface area contributed by atoms with E-state index in [2.05, 4.69) is 37.3 Å². The first-order chi connectivity index (χ1) is 11.9. The van der Waals surface area contributed by atoms with Crippen molar-refractivity contribution < 1.29 is 9.84 Å². The Labute approximate surface area is 149 Å². The molecule has 1 aromatic rings. The Kier molecular flexibility index (Phi) is 13.8.